The summed E-state index contributed by atoms with van der Waals surface area (Å²) in [7, 11) is 0. The second kappa shape index (κ2) is 5.08. The third-order valence-electron chi connectivity index (χ3n) is 3.62. The lowest BCUT2D eigenvalue weighted by atomic mass is 9.97. The zero-order chi connectivity index (χ0) is 14.3. The summed E-state index contributed by atoms with van der Waals surface area (Å²) < 4.78 is 19.7. The van der Waals surface area contributed by atoms with E-state index in [1.807, 2.05) is 25.1 Å². The highest BCUT2D eigenvalue weighted by Crippen LogP contribution is 2.41. The molecule has 20 heavy (non-hydrogen) atoms. The number of aryl methyl sites for hydroxylation is 1. The summed E-state index contributed by atoms with van der Waals surface area (Å²) in [5, 5.41) is 0.622. The van der Waals surface area contributed by atoms with Crippen LogP contribution >= 0.6 is 11.6 Å². The van der Waals surface area contributed by atoms with E-state index in [-0.39, 0.29) is 11.9 Å². The fraction of sp³-hybridized carbons (Fsp3) is 0.250. The minimum Gasteiger partial charge on any atom is -0.488 e. The van der Waals surface area contributed by atoms with Crippen LogP contribution in [0.5, 0.6) is 5.75 Å². The summed E-state index contributed by atoms with van der Waals surface area (Å²) >= 11 is 6.06. The molecule has 0 amide bonds. The van der Waals surface area contributed by atoms with Gasteiger partial charge in [0.05, 0.1) is 0 Å². The lowest BCUT2D eigenvalue weighted by Gasteiger charge is -2.13. The molecule has 3 rings (SSSR count). The molecule has 0 aromatic heterocycles. The average molecular weight is 292 g/mol. The van der Waals surface area contributed by atoms with E-state index in [2.05, 4.69) is 0 Å². The quantitative estimate of drug-likeness (QED) is 0.915. The van der Waals surface area contributed by atoms with Crippen molar-refractivity contribution in [1.29, 1.82) is 0 Å². The zero-order valence-electron chi connectivity index (χ0n) is 11.1. The Morgan fingerprint density at radius 3 is 2.85 bits per heavy atom. The topological polar surface area (TPSA) is 35.2 Å². The van der Waals surface area contributed by atoms with Crippen LogP contribution in [0, 0.1) is 12.7 Å². The molecule has 4 heteroatoms. The molecule has 0 bridgehead atoms. The second-order valence-corrected chi connectivity index (χ2v) is 5.52. The van der Waals surface area contributed by atoms with E-state index in [1.165, 1.54) is 12.1 Å². The van der Waals surface area contributed by atoms with Crippen molar-refractivity contribution in [3.05, 3.63) is 52.3 Å². The van der Waals surface area contributed by atoms with Gasteiger partial charge in [0.25, 0.3) is 0 Å². The lowest BCUT2D eigenvalue weighted by molar-refractivity contribution is 0.242. The number of rotatable bonds is 2. The first-order valence-electron chi connectivity index (χ1n) is 6.54. The summed E-state index contributed by atoms with van der Waals surface area (Å²) in [4.78, 5) is 0. The molecule has 1 aliphatic heterocycles. The van der Waals surface area contributed by atoms with Gasteiger partial charge in [-0.1, -0.05) is 17.7 Å². The maximum Gasteiger partial charge on any atom is 0.131 e. The fourth-order valence-corrected chi connectivity index (χ4v) is 2.78. The van der Waals surface area contributed by atoms with Crippen LogP contribution in [0.1, 0.15) is 11.1 Å². The summed E-state index contributed by atoms with van der Waals surface area (Å²) in [6, 6.07) is 8.60. The Morgan fingerprint density at radius 1 is 1.30 bits per heavy atom. The molecule has 2 nitrogen and oxygen atoms in total. The number of hydrogen-bond donors (Lipinski definition) is 1. The number of halogens is 2. The standard InChI is InChI=1S/C16H15ClFNO/c1-9-2-3-11(17)6-14(9)15-7-12(18)4-10-5-13(8-19)20-16(10)15/h2-4,6-7,13H,5,8,19H2,1H3/t13-/m1/s1. The molecule has 0 radical (unpaired) electrons. The van der Waals surface area contributed by atoms with Crippen molar-refractivity contribution in [2.24, 2.45) is 5.73 Å². The van der Waals surface area contributed by atoms with Crippen molar-refractivity contribution in [2.75, 3.05) is 6.54 Å². The Balaban J connectivity index is 2.18. The first kappa shape index (κ1) is 13.4. The van der Waals surface area contributed by atoms with E-state index in [9.17, 15) is 4.39 Å². The summed E-state index contributed by atoms with van der Waals surface area (Å²) in [6.45, 7) is 2.39. The number of ether oxygens (including phenoxy) is 1. The van der Waals surface area contributed by atoms with Gasteiger partial charge in [0, 0.05) is 29.1 Å². The number of hydrogen-bond acceptors (Lipinski definition) is 2. The minimum absolute atomic E-state index is 0.0787. The van der Waals surface area contributed by atoms with E-state index in [0.717, 1.165) is 28.0 Å². The largest absolute Gasteiger partial charge is 0.488 e. The molecular formula is C16H15ClFNO. The third kappa shape index (κ3) is 2.28. The molecule has 1 aliphatic rings. The van der Waals surface area contributed by atoms with Gasteiger partial charge in [0.15, 0.2) is 0 Å². The fourth-order valence-electron chi connectivity index (χ4n) is 2.61. The SMILES string of the molecule is Cc1ccc(Cl)cc1-c1cc(F)cc2c1O[C@@H](CN)C2. The Labute approximate surface area is 122 Å². The van der Waals surface area contributed by atoms with Crippen LogP contribution in [-0.2, 0) is 6.42 Å². The van der Waals surface area contributed by atoms with Crippen molar-refractivity contribution in [3.8, 4) is 16.9 Å². The molecule has 2 aromatic rings. The molecule has 0 fully saturated rings. The maximum absolute atomic E-state index is 13.9. The molecule has 2 N–H and O–H groups in total. The summed E-state index contributed by atoms with van der Waals surface area (Å²) in [6.07, 6.45) is 0.570. The van der Waals surface area contributed by atoms with Crippen LogP contribution in [0.3, 0.4) is 0 Å². The summed E-state index contributed by atoms with van der Waals surface area (Å²) in [5.41, 5.74) is 9.19. The lowest BCUT2D eigenvalue weighted by Crippen LogP contribution is -2.24. The van der Waals surface area contributed by atoms with Gasteiger partial charge in [-0.3, -0.25) is 0 Å². The third-order valence-corrected chi connectivity index (χ3v) is 3.85. The van der Waals surface area contributed by atoms with Gasteiger partial charge in [-0.2, -0.15) is 0 Å². The van der Waals surface area contributed by atoms with Gasteiger partial charge in [-0.15, -0.1) is 0 Å². The predicted octanol–water partition coefficient (Wildman–Crippen LogP) is 3.72. The molecular weight excluding hydrogens is 277 g/mol. The van der Waals surface area contributed by atoms with Gasteiger partial charge in [0.1, 0.15) is 17.7 Å². The van der Waals surface area contributed by atoms with Gasteiger partial charge in [-0.05, 0) is 42.3 Å². The summed E-state index contributed by atoms with van der Waals surface area (Å²) in [5.74, 6) is 0.464. The van der Waals surface area contributed by atoms with Crippen molar-refractivity contribution in [3.63, 3.8) is 0 Å². The smallest absolute Gasteiger partial charge is 0.131 e. The van der Waals surface area contributed by atoms with Crippen molar-refractivity contribution < 1.29 is 9.13 Å². The molecule has 0 spiro atoms. The second-order valence-electron chi connectivity index (χ2n) is 5.08. The van der Waals surface area contributed by atoms with Crippen LogP contribution in [0.15, 0.2) is 30.3 Å². The monoisotopic (exact) mass is 291 g/mol. The van der Waals surface area contributed by atoms with E-state index in [1.54, 1.807) is 0 Å². The first-order chi connectivity index (χ1) is 9.58. The molecule has 0 saturated carbocycles. The molecule has 0 aliphatic carbocycles. The Kier molecular flexibility index (Phi) is 3.40. The Morgan fingerprint density at radius 2 is 2.10 bits per heavy atom. The normalized spacial score (nSPS) is 16.9. The van der Waals surface area contributed by atoms with Crippen LogP contribution in [-0.4, -0.2) is 12.6 Å². The Hall–Kier alpha value is -1.58. The highest BCUT2D eigenvalue weighted by atomic mass is 35.5. The van der Waals surface area contributed by atoms with E-state index in [4.69, 9.17) is 22.1 Å². The number of benzene rings is 2. The highest BCUT2D eigenvalue weighted by Gasteiger charge is 2.26. The molecule has 1 heterocycles. The van der Waals surface area contributed by atoms with E-state index >= 15 is 0 Å². The van der Waals surface area contributed by atoms with Gasteiger partial charge < -0.3 is 10.5 Å². The van der Waals surface area contributed by atoms with Crippen LogP contribution < -0.4 is 10.5 Å². The van der Waals surface area contributed by atoms with Crippen LogP contribution in [0.2, 0.25) is 5.02 Å². The molecule has 0 saturated heterocycles. The van der Waals surface area contributed by atoms with Gasteiger partial charge in [-0.25, -0.2) is 4.39 Å². The van der Waals surface area contributed by atoms with Crippen molar-refractivity contribution in [2.45, 2.75) is 19.4 Å². The number of fused-ring (bicyclic) bond motifs is 1. The van der Waals surface area contributed by atoms with Gasteiger partial charge in [0.2, 0.25) is 0 Å². The molecule has 0 unspecified atom stereocenters. The molecule has 1 atom stereocenters. The van der Waals surface area contributed by atoms with E-state index < -0.39 is 0 Å². The number of nitrogens with two attached hydrogens (primary N) is 1. The first-order valence-corrected chi connectivity index (χ1v) is 6.92. The van der Waals surface area contributed by atoms with Crippen LogP contribution in [0.25, 0.3) is 11.1 Å². The predicted molar refractivity (Wildman–Crippen MR) is 78.8 cm³/mol. The highest BCUT2D eigenvalue weighted by molar-refractivity contribution is 6.30. The van der Waals surface area contributed by atoms with Gasteiger partial charge >= 0.3 is 0 Å². The van der Waals surface area contributed by atoms with Crippen LogP contribution in [0.4, 0.5) is 4.39 Å². The zero-order valence-corrected chi connectivity index (χ0v) is 11.9. The maximum atomic E-state index is 13.9. The average Bonchev–Trinajstić information content (AvgIpc) is 2.83. The van der Waals surface area contributed by atoms with E-state index in [0.29, 0.717) is 18.0 Å². The van der Waals surface area contributed by atoms with Crippen molar-refractivity contribution >= 4 is 11.6 Å². The Bertz CT molecular complexity index is 672. The van der Waals surface area contributed by atoms with Crippen molar-refractivity contribution in [1.82, 2.24) is 0 Å². The minimum atomic E-state index is -0.264. The molecule has 104 valence electrons. The molecule has 2 aromatic carbocycles.